The lowest BCUT2D eigenvalue weighted by molar-refractivity contribution is -0.120. The van der Waals surface area contributed by atoms with Crippen LogP contribution in [0.1, 0.15) is 31.2 Å². The van der Waals surface area contributed by atoms with Crippen LogP contribution in [0.25, 0.3) is 0 Å². The number of halogens is 2. The summed E-state index contributed by atoms with van der Waals surface area (Å²) in [4.78, 5) is 11.3. The van der Waals surface area contributed by atoms with Gasteiger partial charge >= 0.3 is 0 Å². The predicted molar refractivity (Wildman–Crippen MR) is 52.5 cm³/mol. The first kappa shape index (κ1) is 10.3. The fraction of sp³-hybridized carbons (Fsp3) is 0.417. The fourth-order valence-electron chi connectivity index (χ4n) is 2.26. The Morgan fingerprint density at radius 1 is 1.27 bits per heavy atom. The van der Waals surface area contributed by atoms with Gasteiger partial charge in [0.2, 0.25) is 0 Å². The molecule has 1 saturated carbocycles. The summed E-state index contributed by atoms with van der Waals surface area (Å²) in [6.07, 6.45) is 0.984. The van der Waals surface area contributed by atoms with Crippen LogP contribution in [-0.4, -0.2) is 5.78 Å². The van der Waals surface area contributed by atoms with E-state index in [9.17, 15) is 13.6 Å². The molecule has 80 valence electrons. The predicted octanol–water partition coefficient (Wildman–Crippen LogP) is 3.05. The fourth-order valence-corrected chi connectivity index (χ4v) is 2.26. The summed E-state index contributed by atoms with van der Waals surface area (Å²) in [7, 11) is 0. The van der Waals surface area contributed by atoms with Gasteiger partial charge in [-0.1, -0.05) is 13.0 Å². The SMILES string of the molecule is CC1C(=O)CCC1c1c(F)cccc1F. The summed E-state index contributed by atoms with van der Waals surface area (Å²) in [5, 5.41) is 0. The number of rotatable bonds is 1. The van der Waals surface area contributed by atoms with Crippen molar-refractivity contribution in [2.24, 2.45) is 5.92 Å². The first-order valence-electron chi connectivity index (χ1n) is 5.08. The highest BCUT2D eigenvalue weighted by atomic mass is 19.1. The Kier molecular flexibility index (Phi) is 2.55. The molecule has 2 unspecified atom stereocenters. The molecule has 0 saturated heterocycles. The summed E-state index contributed by atoms with van der Waals surface area (Å²) in [6, 6.07) is 3.83. The number of carbonyl (C=O) groups is 1. The van der Waals surface area contributed by atoms with Crippen LogP contribution in [0.5, 0.6) is 0 Å². The van der Waals surface area contributed by atoms with Crippen LogP contribution in [-0.2, 0) is 4.79 Å². The van der Waals surface area contributed by atoms with E-state index < -0.39 is 11.6 Å². The number of ketones is 1. The lowest BCUT2D eigenvalue weighted by Crippen LogP contribution is -2.12. The molecule has 0 heterocycles. The zero-order valence-electron chi connectivity index (χ0n) is 8.47. The zero-order chi connectivity index (χ0) is 11.0. The normalized spacial score (nSPS) is 25.9. The molecule has 0 aromatic heterocycles. The van der Waals surface area contributed by atoms with Gasteiger partial charge in [0, 0.05) is 17.9 Å². The van der Waals surface area contributed by atoms with Gasteiger partial charge in [-0.05, 0) is 24.5 Å². The highest BCUT2D eigenvalue weighted by Crippen LogP contribution is 2.39. The van der Waals surface area contributed by atoms with Gasteiger partial charge in [-0.15, -0.1) is 0 Å². The molecule has 1 aromatic carbocycles. The molecule has 1 aromatic rings. The number of hydrogen-bond donors (Lipinski definition) is 0. The van der Waals surface area contributed by atoms with Gasteiger partial charge in [0.25, 0.3) is 0 Å². The van der Waals surface area contributed by atoms with Gasteiger partial charge in [-0.2, -0.15) is 0 Å². The van der Waals surface area contributed by atoms with Crippen molar-refractivity contribution in [1.82, 2.24) is 0 Å². The quantitative estimate of drug-likeness (QED) is 0.696. The molecule has 0 spiro atoms. The van der Waals surface area contributed by atoms with Crippen molar-refractivity contribution in [3.63, 3.8) is 0 Å². The van der Waals surface area contributed by atoms with Crippen molar-refractivity contribution in [2.45, 2.75) is 25.7 Å². The van der Waals surface area contributed by atoms with Crippen molar-refractivity contribution in [3.8, 4) is 0 Å². The second-order valence-electron chi connectivity index (χ2n) is 4.04. The number of Topliss-reactive ketones (excluding diaryl/α,β-unsaturated/α-hetero) is 1. The average Bonchev–Trinajstić information content (AvgIpc) is 2.49. The minimum Gasteiger partial charge on any atom is -0.299 e. The lowest BCUT2D eigenvalue weighted by Gasteiger charge is -2.15. The van der Waals surface area contributed by atoms with E-state index in [1.165, 1.54) is 18.2 Å². The summed E-state index contributed by atoms with van der Waals surface area (Å²) < 4.78 is 26.9. The molecule has 1 aliphatic carbocycles. The molecule has 1 fully saturated rings. The molecule has 2 atom stereocenters. The van der Waals surface area contributed by atoms with Crippen molar-refractivity contribution in [3.05, 3.63) is 35.4 Å². The minimum atomic E-state index is -0.540. The minimum absolute atomic E-state index is 0.0795. The Hall–Kier alpha value is -1.25. The van der Waals surface area contributed by atoms with Gasteiger partial charge in [-0.25, -0.2) is 8.78 Å². The molecule has 3 heteroatoms. The molecule has 15 heavy (non-hydrogen) atoms. The van der Waals surface area contributed by atoms with Crippen molar-refractivity contribution >= 4 is 5.78 Å². The van der Waals surface area contributed by atoms with E-state index in [1.807, 2.05) is 0 Å². The summed E-state index contributed by atoms with van der Waals surface area (Å²) >= 11 is 0. The van der Waals surface area contributed by atoms with E-state index >= 15 is 0 Å². The van der Waals surface area contributed by atoms with Gasteiger partial charge in [0.05, 0.1) is 0 Å². The smallest absolute Gasteiger partial charge is 0.136 e. The van der Waals surface area contributed by atoms with E-state index in [0.717, 1.165) is 0 Å². The maximum absolute atomic E-state index is 13.5. The monoisotopic (exact) mass is 210 g/mol. The first-order valence-corrected chi connectivity index (χ1v) is 5.08. The third-order valence-corrected chi connectivity index (χ3v) is 3.18. The Morgan fingerprint density at radius 3 is 2.33 bits per heavy atom. The van der Waals surface area contributed by atoms with E-state index in [4.69, 9.17) is 0 Å². The second-order valence-corrected chi connectivity index (χ2v) is 4.04. The van der Waals surface area contributed by atoms with Crippen LogP contribution < -0.4 is 0 Å². The second kappa shape index (κ2) is 3.72. The summed E-state index contributed by atoms with van der Waals surface area (Å²) in [5.41, 5.74) is 0.0795. The molecule has 0 bridgehead atoms. The highest BCUT2D eigenvalue weighted by Gasteiger charge is 2.35. The van der Waals surface area contributed by atoms with Gasteiger partial charge in [0.15, 0.2) is 0 Å². The Bertz CT molecular complexity index is 380. The van der Waals surface area contributed by atoms with Crippen LogP contribution >= 0.6 is 0 Å². The van der Waals surface area contributed by atoms with Crippen LogP contribution in [0.3, 0.4) is 0 Å². The Balaban J connectivity index is 2.42. The van der Waals surface area contributed by atoms with Crippen LogP contribution in [0.4, 0.5) is 8.78 Å². The lowest BCUT2D eigenvalue weighted by atomic mass is 9.89. The van der Waals surface area contributed by atoms with Crippen molar-refractivity contribution < 1.29 is 13.6 Å². The summed E-state index contributed by atoms with van der Waals surface area (Å²) in [5.74, 6) is -1.54. The summed E-state index contributed by atoms with van der Waals surface area (Å²) in [6.45, 7) is 1.74. The van der Waals surface area contributed by atoms with Crippen LogP contribution in [0.15, 0.2) is 18.2 Å². The van der Waals surface area contributed by atoms with E-state index in [1.54, 1.807) is 6.92 Å². The topological polar surface area (TPSA) is 17.1 Å². The standard InChI is InChI=1S/C12H12F2O/c1-7-8(5-6-11(7)15)12-9(13)3-2-4-10(12)14/h2-4,7-8H,5-6H2,1H3. The molecule has 0 radical (unpaired) electrons. The molecule has 1 nitrogen and oxygen atoms in total. The number of hydrogen-bond acceptors (Lipinski definition) is 1. The Labute approximate surface area is 87.1 Å². The van der Waals surface area contributed by atoms with E-state index in [0.29, 0.717) is 12.8 Å². The van der Waals surface area contributed by atoms with Gasteiger partial charge < -0.3 is 0 Å². The molecule has 0 N–H and O–H groups in total. The van der Waals surface area contributed by atoms with E-state index in [-0.39, 0.29) is 23.2 Å². The average molecular weight is 210 g/mol. The van der Waals surface area contributed by atoms with Gasteiger partial charge in [0.1, 0.15) is 17.4 Å². The maximum Gasteiger partial charge on any atom is 0.136 e. The highest BCUT2D eigenvalue weighted by molar-refractivity contribution is 5.84. The van der Waals surface area contributed by atoms with Crippen LogP contribution in [0, 0.1) is 17.6 Å². The molecule has 0 aliphatic heterocycles. The molecule has 1 aliphatic rings. The molecular weight excluding hydrogens is 198 g/mol. The largest absolute Gasteiger partial charge is 0.299 e. The molecular formula is C12H12F2O. The molecule has 2 rings (SSSR count). The number of carbonyl (C=O) groups excluding carboxylic acids is 1. The van der Waals surface area contributed by atoms with Crippen molar-refractivity contribution in [2.75, 3.05) is 0 Å². The molecule has 0 amide bonds. The third kappa shape index (κ3) is 1.66. The zero-order valence-corrected chi connectivity index (χ0v) is 8.47. The van der Waals surface area contributed by atoms with E-state index in [2.05, 4.69) is 0 Å². The number of benzene rings is 1. The Morgan fingerprint density at radius 2 is 1.87 bits per heavy atom. The first-order chi connectivity index (χ1) is 7.11. The van der Waals surface area contributed by atoms with Crippen molar-refractivity contribution in [1.29, 1.82) is 0 Å². The maximum atomic E-state index is 13.5. The third-order valence-electron chi connectivity index (χ3n) is 3.18. The van der Waals surface area contributed by atoms with Crippen LogP contribution in [0.2, 0.25) is 0 Å². The van der Waals surface area contributed by atoms with Gasteiger partial charge in [-0.3, -0.25) is 4.79 Å².